The van der Waals surface area contributed by atoms with Crippen LogP contribution in [-0.2, 0) is 11.3 Å². The summed E-state index contributed by atoms with van der Waals surface area (Å²) in [4.78, 5) is 11.9. The number of aryl methyl sites for hydroxylation is 1. The predicted octanol–water partition coefficient (Wildman–Crippen LogP) is 1.86. The lowest BCUT2D eigenvalue weighted by Gasteiger charge is -2.00. The minimum atomic E-state index is -0.266. The Morgan fingerprint density at radius 1 is 1.39 bits per heavy atom. The maximum absolute atomic E-state index is 11.9. The zero-order valence-corrected chi connectivity index (χ0v) is 12.4. The van der Waals surface area contributed by atoms with Crippen molar-refractivity contribution in [3.05, 3.63) is 47.9 Å². The molecule has 114 valence electrons. The number of benzene rings is 1. The minimum Gasteiger partial charge on any atom is -0.360 e. The Bertz CT molecular complexity index is 871. The van der Waals surface area contributed by atoms with E-state index < -0.39 is 0 Å². The number of hydrogen-bond acceptors (Lipinski definition) is 5. The summed E-state index contributed by atoms with van der Waals surface area (Å²) in [6, 6.07) is 9.02. The molecule has 0 aliphatic heterocycles. The van der Waals surface area contributed by atoms with Gasteiger partial charge in [-0.25, -0.2) is 4.68 Å². The van der Waals surface area contributed by atoms with Crippen LogP contribution in [0, 0.1) is 19.3 Å². The standard InChI is InChI=1S/C16H13N5O2/c1-3-12-4-6-13(7-5-12)14-9-21(20-18-14)10-16(22)17-15-8-11(2)23-19-15/h1,4-9H,10H2,2H3,(H,17,19,22). The van der Waals surface area contributed by atoms with E-state index in [1.54, 1.807) is 19.2 Å². The molecule has 7 nitrogen and oxygen atoms in total. The number of aromatic nitrogens is 4. The predicted molar refractivity (Wildman–Crippen MR) is 83.3 cm³/mol. The molecule has 2 heterocycles. The Hall–Kier alpha value is -3.40. The number of nitrogens with zero attached hydrogens (tertiary/aromatic N) is 4. The van der Waals surface area contributed by atoms with Crippen LogP contribution in [-0.4, -0.2) is 26.1 Å². The van der Waals surface area contributed by atoms with E-state index >= 15 is 0 Å². The van der Waals surface area contributed by atoms with Crippen molar-refractivity contribution >= 4 is 11.7 Å². The summed E-state index contributed by atoms with van der Waals surface area (Å²) in [5.41, 5.74) is 2.34. The number of amides is 1. The van der Waals surface area contributed by atoms with E-state index in [-0.39, 0.29) is 12.5 Å². The van der Waals surface area contributed by atoms with Crippen LogP contribution in [0.5, 0.6) is 0 Å². The van der Waals surface area contributed by atoms with Crippen LogP contribution in [0.15, 0.2) is 41.1 Å². The van der Waals surface area contributed by atoms with Crippen LogP contribution in [0.1, 0.15) is 11.3 Å². The maximum atomic E-state index is 11.9. The smallest absolute Gasteiger partial charge is 0.247 e. The van der Waals surface area contributed by atoms with Crippen molar-refractivity contribution in [2.24, 2.45) is 0 Å². The molecule has 0 spiro atoms. The first-order chi connectivity index (χ1) is 11.1. The average molecular weight is 307 g/mol. The van der Waals surface area contributed by atoms with E-state index in [1.807, 2.05) is 24.3 Å². The van der Waals surface area contributed by atoms with Gasteiger partial charge in [0.25, 0.3) is 0 Å². The molecule has 1 aromatic carbocycles. The van der Waals surface area contributed by atoms with Gasteiger partial charge in [0, 0.05) is 17.2 Å². The highest BCUT2D eigenvalue weighted by Gasteiger charge is 2.09. The second-order valence-electron chi connectivity index (χ2n) is 4.89. The molecule has 0 aliphatic rings. The molecule has 0 saturated carbocycles. The normalized spacial score (nSPS) is 10.3. The fourth-order valence-corrected chi connectivity index (χ4v) is 2.00. The Morgan fingerprint density at radius 3 is 2.83 bits per heavy atom. The Morgan fingerprint density at radius 2 is 2.17 bits per heavy atom. The van der Waals surface area contributed by atoms with Gasteiger partial charge in [0.1, 0.15) is 18.0 Å². The van der Waals surface area contributed by atoms with Crippen LogP contribution in [0.4, 0.5) is 5.82 Å². The topological polar surface area (TPSA) is 85.8 Å². The summed E-state index contributed by atoms with van der Waals surface area (Å²) in [5, 5.41) is 14.3. The maximum Gasteiger partial charge on any atom is 0.247 e. The van der Waals surface area contributed by atoms with Crippen LogP contribution in [0.2, 0.25) is 0 Å². The summed E-state index contributed by atoms with van der Waals surface area (Å²) in [6.07, 6.45) is 7.02. The van der Waals surface area contributed by atoms with Crippen molar-refractivity contribution in [2.45, 2.75) is 13.5 Å². The van der Waals surface area contributed by atoms with Crippen LogP contribution >= 0.6 is 0 Å². The molecular weight excluding hydrogens is 294 g/mol. The van der Waals surface area contributed by atoms with E-state index in [4.69, 9.17) is 10.9 Å². The molecule has 1 amide bonds. The molecule has 23 heavy (non-hydrogen) atoms. The second kappa shape index (κ2) is 6.15. The molecule has 0 saturated heterocycles. The molecule has 0 fully saturated rings. The first-order valence-corrected chi connectivity index (χ1v) is 6.84. The Balaban J connectivity index is 1.66. The number of rotatable bonds is 4. The third-order valence-electron chi connectivity index (χ3n) is 3.09. The molecule has 0 atom stereocenters. The monoisotopic (exact) mass is 307 g/mol. The largest absolute Gasteiger partial charge is 0.360 e. The van der Waals surface area contributed by atoms with Crippen LogP contribution in [0.3, 0.4) is 0 Å². The molecule has 3 rings (SSSR count). The summed E-state index contributed by atoms with van der Waals surface area (Å²) in [5.74, 6) is 3.28. The van der Waals surface area contributed by atoms with Crippen molar-refractivity contribution in [3.63, 3.8) is 0 Å². The van der Waals surface area contributed by atoms with Crippen molar-refractivity contribution in [3.8, 4) is 23.6 Å². The summed E-state index contributed by atoms with van der Waals surface area (Å²) >= 11 is 0. The lowest BCUT2D eigenvalue weighted by atomic mass is 10.1. The van der Waals surface area contributed by atoms with Gasteiger partial charge in [-0.2, -0.15) is 0 Å². The fraction of sp³-hybridized carbons (Fsp3) is 0.125. The minimum absolute atomic E-state index is 0.0291. The zero-order valence-electron chi connectivity index (χ0n) is 12.4. The molecule has 2 aromatic heterocycles. The Labute approximate surface area is 132 Å². The number of terminal acetylenes is 1. The zero-order chi connectivity index (χ0) is 16.2. The first-order valence-electron chi connectivity index (χ1n) is 6.84. The van der Waals surface area contributed by atoms with Crippen molar-refractivity contribution in [1.82, 2.24) is 20.2 Å². The highest BCUT2D eigenvalue weighted by atomic mass is 16.5. The fourth-order valence-electron chi connectivity index (χ4n) is 2.00. The Kier molecular flexibility index (Phi) is 3.89. The van der Waals surface area contributed by atoms with E-state index in [2.05, 4.69) is 26.7 Å². The molecule has 1 N–H and O–H groups in total. The number of carbonyl (C=O) groups is 1. The lowest BCUT2D eigenvalue weighted by Crippen LogP contribution is -2.19. The quantitative estimate of drug-likeness (QED) is 0.744. The van der Waals surface area contributed by atoms with Crippen LogP contribution < -0.4 is 5.32 Å². The molecule has 0 bridgehead atoms. The SMILES string of the molecule is C#Cc1ccc(-c2cn(CC(=O)Nc3cc(C)on3)nn2)cc1. The van der Waals surface area contributed by atoms with Crippen molar-refractivity contribution < 1.29 is 9.32 Å². The highest BCUT2D eigenvalue weighted by Crippen LogP contribution is 2.16. The molecular formula is C16H13N5O2. The van der Waals surface area contributed by atoms with Crippen LogP contribution in [0.25, 0.3) is 11.3 Å². The van der Waals surface area contributed by atoms with E-state index in [9.17, 15) is 4.79 Å². The van der Waals surface area contributed by atoms with E-state index in [1.165, 1.54) is 4.68 Å². The van der Waals surface area contributed by atoms with Crippen molar-refractivity contribution in [2.75, 3.05) is 5.32 Å². The number of carbonyl (C=O) groups excluding carboxylic acids is 1. The van der Waals surface area contributed by atoms with Gasteiger partial charge in [0.15, 0.2) is 5.82 Å². The first kappa shape index (κ1) is 14.5. The van der Waals surface area contributed by atoms with Gasteiger partial charge in [-0.3, -0.25) is 4.79 Å². The molecule has 0 aliphatic carbocycles. The second-order valence-corrected chi connectivity index (χ2v) is 4.89. The number of hydrogen-bond donors (Lipinski definition) is 1. The molecule has 0 radical (unpaired) electrons. The lowest BCUT2D eigenvalue weighted by molar-refractivity contribution is -0.117. The molecule has 7 heteroatoms. The summed E-state index contributed by atoms with van der Waals surface area (Å²) < 4.78 is 6.33. The van der Waals surface area contributed by atoms with E-state index in [0.717, 1.165) is 11.1 Å². The van der Waals surface area contributed by atoms with Gasteiger partial charge >= 0.3 is 0 Å². The summed E-state index contributed by atoms with van der Waals surface area (Å²) in [6.45, 7) is 1.78. The van der Waals surface area contributed by atoms with Gasteiger partial charge in [0.2, 0.25) is 5.91 Å². The summed E-state index contributed by atoms with van der Waals surface area (Å²) in [7, 11) is 0. The third kappa shape index (κ3) is 3.44. The third-order valence-corrected chi connectivity index (χ3v) is 3.09. The number of anilines is 1. The van der Waals surface area contributed by atoms with Gasteiger partial charge < -0.3 is 9.84 Å². The van der Waals surface area contributed by atoms with E-state index in [0.29, 0.717) is 17.3 Å². The van der Waals surface area contributed by atoms with Crippen molar-refractivity contribution in [1.29, 1.82) is 0 Å². The van der Waals surface area contributed by atoms with Gasteiger partial charge in [-0.1, -0.05) is 28.4 Å². The molecule has 3 aromatic rings. The number of nitrogens with one attached hydrogen (secondary N) is 1. The molecule has 0 unspecified atom stereocenters. The van der Waals surface area contributed by atoms with Gasteiger partial charge in [0.05, 0.1) is 6.20 Å². The average Bonchev–Trinajstić information content (AvgIpc) is 3.16. The highest BCUT2D eigenvalue weighted by molar-refractivity contribution is 5.89. The van der Waals surface area contributed by atoms with Gasteiger partial charge in [-0.05, 0) is 19.1 Å². The van der Waals surface area contributed by atoms with Gasteiger partial charge in [-0.15, -0.1) is 11.5 Å².